The van der Waals surface area contributed by atoms with E-state index in [1.165, 1.54) is 12.8 Å². The van der Waals surface area contributed by atoms with E-state index in [-0.39, 0.29) is 0 Å². The number of hydrogen-bond donors (Lipinski definition) is 0. The molecule has 0 saturated heterocycles. The van der Waals surface area contributed by atoms with Crippen LogP contribution in [0.25, 0.3) is 0 Å². The highest BCUT2D eigenvalue weighted by atomic mass is 127. The Morgan fingerprint density at radius 1 is 1.56 bits per heavy atom. The van der Waals surface area contributed by atoms with E-state index in [0.29, 0.717) is 4.90 Å². The van der Waals surface area contributed by atoms with Crippen LogP contribution < -0.4 is 0 Å². The molecule has 3 heteroatoms. The van der Waals surface area contributed by atoms with Crippen molar-refractivity contribution < 1.29 is 0 Å². The van der Waals surface area contributed by atoms with E-state index < -0.39 is 0 Å². The smallest absolute Gasteiger partial charge is 0.00817 e. The lowest BCUT2D eigenvalue weighted by molar-refractivity contribution is 0.706. The summed E-state index contributed by atoms with van der Waals surface area (Å²) in [5.41, 5.74) is 0. The SMILES string of the molecule is CC(I)CCC(C)(P)P. The Balaban J connectivity index is 3.28. The van der Waals surface area contributed by atoms with Crippen molar-refractivity contribution in [2.24, 2.45) is 0 Å². The Bertz CT molecular complexity index is 75.6. The summed E-state index contributed by atoms with van der Waals surface area (Å²) in [5, 5.41) is 0. The van der Waals surface area contributed by atoms with Crippen LogP contribution in [0.4, 0.5) is 0 Å². The minimum atomic E-state index is 0.361. The van der Waals surface area contributed by atoms with Crippen molar-refractivity contribution in [2.75, 3.05) is 0 Å². The zero-order valence-electron chi connectivity index (χ0n) is 6.02. The fraction of sp³-hybridized carbons (Fsp3) is 1.00. The molecule has 0 aromatic heterocycles. The van der Waals surface area contributed by atoms with Crippen LogP contribution in [0, 0.1) is 0 Å². The average Bonchev–Trinajstić information content (AvgIpc) is 1.59. The molecule has 0 aromatic carbocycles. The summed E-state index contributed by atoms with van der Waals surface area (Å²) >= 11 is 2.46. The molecule has 56 valence electrons. The molecule has 0 heterocycles. The molecule has 0 saturated carbocycles. The molecular formula is C6H15IP2. The Morgan fingerprint density at radius 2 is 2.00 bits per heavy atom. The van der Waals surface area contributed by atoms with Gasteiger partial charge in [-0.15, -0.1) is 18.5 Å². The molecule has 0 nitrogen and oxygen atoms in total. The second kappa shape index (κ2) is 4.46. The first-order valence-corrected chi connectivity index (χ1v) is 5.54. The van der Waals surface area contributed by atoms with Crippen LogP contribution in [-0.2, 0) is 0 Å². The highest BCUT2D eigenvalue weighted by Gasteiger charge is 2.10. The van der Waals surface area contributed by atoms with Gasteiger partial charge in [0.1, 0.15) is 0 Å². The van der Waals surface area contributed by atoms with Crippen LogP contribution in [0.5, 0.6) is 0 Å². The normalized spacial score (nSPS) is 15.7. The van der Waals surface area contributed by atoms with E-state index in [0.717, 1.165) is 3.92 Å². The van der Waals surface area contributed by atoms with Gasteiger partial charge in [0.05, 0.1) is 0 Å². The van der Waals surface area contributed by atoms with Gasteiger partial charge in [0.25, 0.3) is 0 Å². The van der Waals surface area contributed by atoms with Crippen LogP contribution in [0.15, 0.2) is 0 Å². The molecule has 0 aliphatic rings. The molecule has 3 atom stereocenters. The van der Waals surface area contributed by atoms with E-state index in [9.17, 15) is 0 Å². The summed E-state index contributed by atoms with van der Waals surface area (Å²) in [5.74, 6) is 0. The Morgan fingerprint density at radius 3 is 2.11 bits per heavy atom. The predicted molar refractivity (Wildman–Crippen MR) is 60.5 cm³/mol. The number of alkyl halides is 1. The summed E-state index contributed by atoms with van der Waals surface area (Å²) in [6, 6.07) is 0. The third-order valence-corrected chi connectivity index (χ3v) is 2.28. The first-order valence-electron chi connectivity index (χ1n) is 3.13. The molecule has 0 aliphatic carbocycles. The van der Waals surface area contributed by atoms with Crippen LogP contribution in [-0.4, -0.2) is 8.82 Å². The lowest BCUT2D eigenvalue weighted by Gasteiger charge is -2.17. The third-order valence-electron chi connectivity index (χ3n) is 1.08. The van der Waals surface area contributed by atoms with Gasteiger partial charge in [-0.2, -0.15) is 0 Å². The first kappa shape index (κ1) is 10.6. The largest absolute Gasteiger partial charge is 0.127 e. The highest BCUT2D eigenvalue weighted by Crippen LogP contribution is 2.32. The van der Waals surface area contributed by atoms with Gasteiger partial charge < -0.3 is 0 Å². The van der Waals surface area contributed by atoms with Gasteiger partial charge in [-0.05, 0) is 17.7 Å². The Kier molecular flexibility index (Phi) is 5.25. The molecule has 0 radical (unpaired) electrons. The van der Waals surface area contributed by atoms with E-state index in [1.54, 1.807) is 0 Å². The molecule has 0 bridgehead atoms. The molecule has 0 rings (SSSR count). The predicted octanol–water partition coefficient (Wildman–Crippen LogP) is 3.06. The lowest BCUT2D eigenvalue weighted by Crippen LogP contribution is -2.06. The fourth-order valence-electron chi connectivity index (χ4n) is 0.510. The van der Waals surface area contributed by atoms with Gasteiger partial charge in [-0.1, -0.05) is 36.4 Å². The minimum Gasteiger partial charge on any atom is -0.127 e. The van der Waals surface area contributed by atoms with Crippen molar-refractivity contribution in [3.05, 3.63) is 0 Å². The molecule has 0 amide bonds. The van der Waals surface area contributed by atoms with Gasteiger partial charge in [-0.25, -0.2) is 0 Å². The molecule has 0 aromatic rings. The molecule has 9 heavy (non-hydrogen) atoms. The van der Waals surface area contributed by atoms with E-state index >= 15 is 0 Å². The van der Waals surface area contributed by atoms with Crippen molar-refractivity contribution in [2.45, 2.75) is 35.5 Å². The van der Waals surface area contributed by atoms with Gasteiger partial charge in [-0.3, -0.25) is 0 Å². The van der Waals surface area contributed by atoms with Crippen molar-refractivity contribution >= 4 is 41.1 Å². The van der Waals surface area contributed by atoms with E-state index in [1.807, 2.05) is 0 Å². The monoisotopic (exact) mass is 276 g/mol. The second-order valence-electron chi connectivity index (χ2n) is 2.83. The van der Waals surface area contributed by atoms with Gasteiger partial charge in [0, 0.05) is 3.92 Å². The number of halogens is 1. The van der Waals surface area contributed by atoms with Crippen molar-refractivity contribution in [1.82, 2.24) is 0 Å². The van der Waals surface area contributed by atoms with Crippen LogP contribution in [0.3, 0.4) is 0 Å². The van der Waals surface area contributed by atoms with Gasteiger partial charge >= 0.3 is 0 Å². The van der Waals surface area contributed by atoms with Crippen molar-refractivity contribution in [3.63, 3.8) is 0 Å². The zero-order chi connectivity index (χ0) is 7.49. The maximum atomic E-state index is 2.84. The summed E-state index contributed by atoms with van der Waals surface area (Å²) in [4.78, 5) is 0.361. The van der Waals surface area contributed by atoms with Crippen LogP contribution >= 0.6 is 41.1 Å². The van der Waals surface area contributed by atoms with Crippen LogP contribution in [0.1, 0.15) is 26.7 Å². The fourth-order valence-corrected chi connectivity index (χ4v) is 1.15. The first-order chi connectivity index (χ1) is 3.92. The van der Waals surface area contributed by atoms with Crippen molar-refractivity contribution in [3.8, 4) is 0 Å². The summed E-state index contributed by atoms with van der Waals surface area (Å²) in [7, 11) is 5.68. The maximum absolute atomic E-state index is 2.84. The topological polar surface area (TPSA) is 0 Å². The molecule has 0 fully saturated rings. The number of rotatable bonds is 3. The summed E-state index contributed by atoms with van der Waals surface area (Å²) < 4.78 is 0.808. The molecule has 0 aliphatic heterocycles. The highest BCUT2D eigenvalue weighted by molar-refractivity contribution is 14.1. The van der Waals surface area contributed by atoms with E-state index in [2.05, 4.69) is 54.9 Å². The lowest BCUT2D eigenvalue weighted by atomic mass is 10.2. The molecule has 0 spiro atoms. The molecule has 0 N–H and O–H groups in total. The number of hydrogen-bond acceptors (Lipinski definition) is 0. The Labute approximate surface area is 76.5 Å². The minimum absolute atomic E-state index is 0.361. The maximum Gasteiger partial charge on any atom is 0.00817 e. The van der Waals surface area contributed by atoms with Crippen LogP contribution in [0.2, 0.25) is 0 Å². The quantitative estimate of drug-likeness (QED) is 0.422. The van der Waals surface area contributed by atoms with E-state index in [4.69, 9.17) is 0 Å². The van der Waals surface area contributed by atoms with Crippen molar-refractivity contribution in [1.29, 1.82) is 0 Å². The molecular weight excluding hydrogens is 261 g/mol. The summed E-state index contributed by atoms with van der Waals surface area (Å²) in [6.07, 6.45) is 2.58. The molecule has 3 unspecified atom stereocenters. The Hall–Kier alpha value is 1.59. The van der Waals surface area contributed by atoms with Gasteiger partial charge in [0.2, 0.25) is 0 Å². The second-order valence-corrected chi connectivity index (χ2v) is 8.26. The summed E-state index contributed by atoms with van der Waals surface area (Å²) in [6.45, 7) is 4.48. The zero-order valence-corrected chi connectivity index (χ0v) is 10.5. The third kappa shape index (κ3) is 9.59. The standard InChI is InChI=1S/C6H15IP2/c1-5(7)3-4-6(2,8)9/h5H,3-4,8-9H2,1-2H3. The van der Waals surface area contributed by atoms with Gasteiger partial charge in [0.15, 0.2) is 0 Å². The average molecular weight is 276 g/mol.